The minimum Gasteiger partial charge on any atom is -0.480 e. The summed E-state index contributed by atoms with van der Waals surface area (Å²) in [6.45, 7) is 7.94. The van der Waals surface area contributed by atoms with Gasteiger partial charge in [-0.15, -0.1) is 0 Å². The fourth-order valence-electron chi connectivity index (χ4n) is 2.23. The molecule has 0 unspecified atom stereocenters. The van der Waals surface area contributed by atoms with Crippen molar-refractivity contribution >= 4 is 17.6 Å². The fourth-order valence-corrected chi connectivity index (χ4v) is 2.23. The number of carboxylic acids is 1. The van der Waals surface area contributed by atoms with Crippen molar-refractivity contribution in [3.05, 3.63) is 28.8 Å². The quantitative estimate of drug-likeness (QED) is 0.478. The van der Waals surface area contributed by atoms with Crippen LogP contribution < -0.4 is 11.1 Å². The van der Waals surface area contributed by atoms with Gasteiger partial charge < -0.3 is 20.9 Å². The van der Waals surface area contributed by atoms with E-state index < -0.39 is 18.0 Å². The van der Waals surface area contributed by atoms with Crippen LogP contribution in [-0.2, 0) is 27.2 Å². The van der Waals surface area contributed by atoms with Crippen molar-refractivity contribution < 1.29 is 19.4 Å². The Balaban J connectivity index is 0.000000590. The Morgan fingerprint density at radius 2 is 1.85 bits per heavy atom. The van der Waals surface area contributed by atoms with Crippen molar-refractivity contribution in [2.45, 2.75) is 53.0 Å². The summed E-state index contributed by atoms with van der Waals surface area (Å²) < 4.78 is 4.45. The number of anilines is 1. The molecule has 0 saturated heterocycles. The maximum absolute atomic E-state index is 10.9. The standard InChI is InChI=1S/C14H21NO2.C5H8N2O2/c1-5-11-7-9(3)8-12(6-2)13(11)15-10(4)14(16)17;6-2-1-3-9-5(8)4-7/h7-8,10,15H,5-6H2,1-4H3,(H,16,17);1,3-4,7H2/t10-;/m0./s1. The lowest BCUT2D eigenvalue weighted by atomic mass is 9.99. The molecule has 7 heteroatoms. The van der Waals surface area contributed by atoms with Gasteiger partial charge >= 0.3 is 11.9 Å². The van der Waals surface area contributed by atoms with Gasteiger partial charge in [0.25, 0.3) is 0 Å². The van der Waals surface area contributed by atoms with Crippen LogP contribution in [0.1, 0.15) is 43.9 Å². The van der Waals surface area contributed by atoms with Crippen LogP contribution in [0.4, 0.5) is 5.69 Å². The van der Waals surface area contributed by atoms with E-state index in [4.69, 9.17) is 16.1 Å². The van der Waals surface area contributed by atoms with Crippen LogP contribution in [0.2, 0.25) is 0 Å². The van der Waals surface area contributed by atoms with Gasteiger partial charge in [-0.3, -0.25) is 9.59 Å². The van der Waals surface area contributed by atoms with Crippen LogP contribution in [0, 0.1) is 18.3 Å². The number of rotatable bonds is 8. The van der Waals surface area contributed by atoms with Crippen LogP contribution in [0.3, 0.4) is 0 Å². The van der Waals surface area contributed by atoms with Crippen molar-refractivity contribution in [2.75, 3.05) is 18.5 Å². The maximum Gasteiger partial charge on any atom is 0.325 e. The third-order valence-corrected chi connectivity index (χ3v) is 3.58. The van der Waals surface area contributed by atoms with Gasteiger partial charge in [0.2, 0.25) is 0 Å². The van der Waals surface area contributed by atoms with Crippen LogP contribution in [0.25, 0.3) is 0 Å². The molecule has 1 aromatic carbocycles. The van der Waals surface area contributed by atoms with E-state index in [1.807, 2.05) is 6.07 Å². The molecule has 0 bridgehead atoms. The molecule has 1 atom stereocenters. The highest BCUT2D eigenvalue weighted by atomic mass is 16.5. The Bertz CT molecular complexity index is 613. The molecular formula is C19H29N3O4. The number of esters is 1. The average Bonchev–Trinajstić information content (AvgIpc) is 2.62. The van der Waals surface area contributed by atoms with Crippen molar-refractivity contribution in [1.82, 2.24) is 0 Å². The molecule has 0 amide bonds. The lowest BCUT2D eigenvalue weighted by molar-refractivity contribution is -0.141. The van der Waals surface area contributed by atoms with Crippen molar-refractivity contribution in [3.63, 3.8) is 0 Å². The lowest BCUT2D eigenvalue weighted by Crippen LogP contribution is -2.26. The van der Waals surface area contributed by atoms with Gasteiger partial charge in [-0.2, -0.15) is 5.26 Å². The van der Waals surface area contributed by atoms with Crippen LogP contribution >= 0.6 is 0 Å². The molecule has 144 valence electrons. The third kappa shape index (κ3) is 8.49. The molecular weight excluding hydrogens is 334 g/mol. The van der Waals surface area contributed by atoms with E-state index in [1.54, 1.807) is 6.92 Å². The second kappa shape index (κ2) is 12.7. The molecule has 1 rings (SSSR count). The Morgan fingerprint density at radius 1 is 1.31 bits per heavy atom. The van der Waals surface area contributed by atoms with Crippen LogP contribution in [0.15, 0.2) is 12.1 Å². The molecule has 0 spiro atoms. The number of aliphatic carboxylic acids is 1. The number of carbonyl (C=O) groups excluding carboxylic acids is 1. The minimum atomic E-state index is -0.824. The van der Waals surface area contributed by atoms with E-state index in [2.05, 4.69) is 43.0 Å². The summed E-state index contributed by atoms with van der Waals surface area (Å²) in [6, 6.07) is 5.51. The van der Waals surface area contributed by atoms with Crippen molar-refractivity contribution in [3.8, 4) is 6.07 Å². The monoisotopic (exact) mass is 363 g/mol. The number of nitrogens with two attached hydrogens (primary N) is 1. The Morgan fingerprint density at radius 3 is 2.23 bits per heavy atom. The van der Waals surface area contributed by atoms with Gasteiger partial charge in [0, 0.05) is 5.69 Å². The van der Waals surface area contributed by atoms with Gasteiger partial charge in [0.1, 0.15) is 12.6 Å². The summed E-state index contributed by atoms with van der Waals surface area (Å²) in [5.74, 6) is -1.29. The molecule has 7 nitrogen and oxygen atoms in total. The normalized spacial score (nSPS) is 10.8. The number of ether oxygens (including phenoxy) is 1. The smallest absolute Gasteiger partial charge is 0.325 e. The number of nitrogens with one attached hydrogen (secondary N) is 1. The molecule has 0 heterocycles. The molecule has 0 aliphatic rings. The van der Waals surface area contributed by atoms with E-state index >= 15 is 0 Å². The van der Waals surface area contributed by atoms with Gasteiger partial charge in [-0.1, -0.05) is 31.5 Å². The number of nitriles is 1. The first-order valence-electron chi connectivity index (χ1n) is 8.64. The Labute approximate surface area is 155 Å². The summed E-state index contributed by atoms with van der Waals surface area (Å²) in [4.78, 5) is 21.1. The average molecular weight is 363 g/mol. The molecule has 0 aromatic heterocycles. The topological polar surface area (TPSA) is 125 Å². The van der Waals surface area contributed by atoms with E-state index in [0.29, 0.717) is 0 Å². The van der Waals surface area contributed by atoms with Crippen LogP contribution in [-0.4, -0.2) is 36.2 Å². The first-order valence-corrected chi connectivity index (χ1v) is 8.64. The molecule has 4 N–H and O–H groups in total. The molecule has 0 radical (unpaired) electrons. The molecule has 0 fully saturated rings. The van der Waals surface area contributed by atoms with Gasteiger partial charge in [-0.05, 0) is 37.8 Å². The predicted octanol–water partition coefficient (Wildman–Crippen LogP) is 2.41. The summed E-state index contributed by atoms with van der Waals surface area (Å²) in [5.41, 5.74) is 9.50. The van der Waals surface area contributed by atoms with Crippen LogP contribution in [0.5, 0.6) is 0 Å². The summed E-state index contributed by atoms with van der Waals surface area (Å²) >= 11 is 0. The first kappa shape index (κ1) is 23.4. The number of aryl methyl sites for hydroxylation is 3. The molecule has 0 aliphatic carbocycles. The SMILES string of the molecule is CCc1cc(C)cc(CC)c1N[C@@H](C)C(=O)O.N#CCCOC(=O)CN. The molecule has 0 saturated carbocycles. The van der Waals surface area contributed by atoms with Gasteiger partial charge in [-0.25, -0.2) is 0 Å². The highest BCUT2D eigenvalue weighted by Crippen LogP contribution is 2.25. The molecule has 0 aliphatic heterocycles. The number of benzene rings is 1. The zero-order valence-electron chi connectivity index (χ0n) is 16.0. The predicted molar refractivity (Wildman–Crippen MR) is 101 cm³/mol. The largest absolute Gasteiger partial charge is 0.480 e. The van der Waals surface area contributed by atoms with E-state index in [1.165, 1.54) is 16.7 Å². The maximum atomic E-state index is 10.9. The van der Waals surface area contributed by atoms with Crippen molar-refractivity contribution in [1.29, 1.82) is 5.26 Å². The summed E-state index contributed by atoms with van der Waals surface area (Å²) in [6.07, 6.45) is 2.04. The van der Waals surface area contributed by atoms with E-state index in [-0.39, 0.29) is 19.6 Å². The zero-order valence-corrected chi connectivity index (χ0v) is 16.0. The van der Waals surface area contributed by atoms with Gasteiger partial charge in [0.15, 0.2) is 0 Å². The number of hydrogen-bond donors (Lipinski definition) is 3. The number of carboxylic acid groups (broad SMARTS) is 1. The second-order valence-corrected chi connectivity index (χ2v) is 5.70. The highest BCUT2D eigenvalue weighted by molar-refractivity contribution is 5.78. The van der Waals surface area contributed by atoms with Gasteiger partial charge in [0.05, 0.1) is 19.0 Å². The first-order chi connectivity index (χ1) is 12.3. The second-order valence-electron chi connectivity index (χ2n) is 5.70. The Kier molecular flexibility index (Phi) is 11.5. The van der Waals surface area contributed by atoms with Crippen molar-refractivity contribution in [2.24, 2.45) is 5.73 Å². The Hall–Kier alpha value is -2.59. The minimum absolute atomic E-state index is 0.120. The number of nitrogens with zero attached hydrogens (tertiary/aromatic N) is 1. The lowest BCUT2D eigenvalue weighted by Gasteiger charge is -2.19. The van der Waals surface area contributed by atoms with E-state index in [0.717, 1.165) is 18.5 Å². The van der Waals surface area contributed by atoms with E-state index in [9.17, 15) is 9.59 Å². The fraction of sp³-hybridized carbons (Fsp3) is 0.526. The number of carbonyl (C=O) groups is 2. The third-order valence-electron chi connectivity index (χ3n) is 3.58. The zero-order chi connectivity index (χ0) is 20.1. The summed E-state index contributed by atoms with van der Waals surface area (Å²) in [7, 11) is 0. The molecule has 1 aromatic rings. The molecule has 26 heavy (non-hydrogen) atoms. The number of hydrogen-bond acceptors (Lipinski definition) is 6. The summed E-state index contributed by atoms with van der Waals surface area (Å²) in [5, 5.41) is 20.0. The highest BCUT2D eigenvalue weighted by Gasteiger charge is 2.14.